The first-order valence-corrected chi connectivity index (χ1v) is 6.79. The molecule has 1 aromatic heterocycles. The van der Waals surface area contributed by atoms with Crippen LogP contribution >= 0.6 is 11.6 Å². The summed E-state index contributed by atoms with van der Waals surface area (Å²) in [7, 11) is 0. The van der Waals surface area contributed by atoms with Crippen molar-refractivity contribution in [1.82, 2.24) is 5.16 Å². The average molecular weight is 332 g/mol. The van der Waals surface area contributed by atoms with Crippen LogP contribution in [0.15, 0.2) is 28.8 Å². The Balaban J connectivity index is 2.10. The summed E-state index contributed by atoms with van der Waals surface area (Å²) in [6.45, 7) is 0. The van der Waals surface area contributed by atoms with E-state index in [-0.39, 0.29) is 22.7 Å². The number of para-hydroxylation sites is 1. The number of carbonyl (C=O) groups is 1. The first kappa shape index (κ1) is 14.9. The van der Waals surface area contributed by atoms with Crippen LogP contribution < -0.4 is 4.74 Å². The van der Waals surface area contributed by atoms with Gasteiger partial charge in [0.1, 0.15) is 17.0 Å². The third-order valence-electron chi connectivity index (χ3n) is 3.23. The second-order valence-electron chi connectivity index (χ2n) is 4.86. The van der Waals surface area contributed by atoms with Crippen molar-refractivity contribution < 1.29 is 27.2 Å². The molecule has 3 rings (SSSR count). The predicted molar refractivity (Wildman–Crippen MR) is 70.8 cm³/mol. The molecule has 0 atom stereocenters. The minimum atomic E-state index is -4.86. The van der Waals surface area contributed by atoms with Gasteiger partial charge in [-0.15, -0.1) is 13.2 Å². The fourth-order valence-electron chi connectivity index (χ4n) is 2.18. The van der Waals surface area contributed by atoms with Gasteiger partial charge in [-0.2, -0.15) is 0 Å². The fraction of sp³-hybridized carbons (Fsp3) is 0.286. The van der Waals surface area contributed by atoms with Gasteiger partial charge in [0.2, 0.25) is 0 Å². The Bertz CT molecular complexity index is 722. The molecule has 4 nitrogen and oxygen atoms in total. The third kappa shape index (κ3) is 2.94. The number of halogens is 4. The molecular formula is C14H9ClF3NO3. The standard InChI is InChI=1S/C14H9ClF3NO3/c15-13(20)10-11(19-22-12(10)7-5-6-7)8-3-1-2-4-9(8)21-14(16,17)18/h1-4,7H,5-6H2. The molecule has 1 aliphatic carbocycles. The molecule has 0 spiro atoms. The number of hydrogen-bond acceptors (Lipinski definition) is 4. The van der Waals surface area contributed by atoms with E-state index in [1.54, 1.807) is 0 Å². The first-order valence-electron chi connectivity index (χ1n) is 6.41. The molecule has 1 aliphatic rings. The van der Waals surface area contributed by atoms with Gasteiger partial charge >= 0.3 is 6.36 Å². The average Bonchev–Trinajstić information content (AvgIpc) is 3.16. The van der Waals surface area contributed by atoms with E-state index in [1.165, 1.54) is 18.2 Å². The van der Waals surface area contributed by atoms with Crippen LogP contribution in [-0.2, 0) is 0 Å². The van der Waals surface area contributed by atoms with Crippen LogP contribution in [0.1, 0.15) is 34.9 Å². The van der Waals surface area contributed by atoms with E-state index < -0.39 is 17.4 Å². The number of benzene rings is 1. The van der Waals surface area contributed by atoms with E-state index in [2.05, 4.69) is 9.89 Å². The molecule has 2 aromatic rings. The van der Waals surface area contributed by atoms with Crippen molar-refractivity contribution in [2.24, 2.45) is 0 Å². The highest BCUT2D eigenvalue weighted by molar-refractivity contribution is 6.68. The largest absolute Gasteiger partial charge is 0.573 e. The Morgan fingerprint density at radius 1 is 1.32 bits per heavy atom. The molecular weight excluding hydrogens is 323 g/mol. The van der Waals surface area contributed by atoms with Crippen molar-refractivity contribution in [3.05, 3.63) is 35.6 Å². The van der Waals surface area contributed by atoms with Crippen molar-refractivity contribution in [2.45, 2.75) is 25.1 Å². The van der Waals surface area contributed by atoms with Gasteiger partial charge in [-0.3, -0.25) is 4.79 Å². The Hall–Kier alpha value is -2.02. The molecule has 1 heterocycles. The van der Waals surface area contributed by atoms with Gasteiger partial charge in [0.15, 0.2) is 5.76 Å². The Morgan fingerprint density at radius 3 is 2.59 bits per heavy atom. The molecule has 0 unspecified atom stereocenters. The summed E-state index contributed by atoms with van der Waals surface area (Å²) in [6, 6.07) is 5.39. The normalized spacial score (nSPS) is 14.9. The van der Waals surface area contributed by atoms with Crippen LogP contribution in [0.25, 0.3) is 11.3 Å². The minimum absolute atomic E-state index is 0.000486. The number of alkyl halides is 3. The number of aromatic nitrogens is 1. The fourth-order valence-corrected chi connectivity index (χ4v) is 2.36. The quantitative estimate of drug-likeness (QED) is 0.774. The van der Waals surface area contributed by atoms with Crippen molar-refractivity contribution in [3.63, 3.8) is 0 Å². The molecule has 0 radical (unpaired) electrons. The summed E-state index contributed by atoms with van der Waals surface area (Å²) in [5, 5.41) is 2.91. The van der Waals surface area contributed by atoms with Gasteiger partial charge < -0.3 is 9.26 Å². The summed E-state index contributed by atoms with van der Waals surface area (Å²) in [6.07, 6.45) is -3.21. The van der Waals surface area contributed by atoms with Gasteiger partial charge in [-0.05, 0) is 36.6 Å². The zero-order valence-corrected chi connectivity index (χ0v) is 11.7. The lowest BCUT2D eigenvalue weighted by molar-refractivity contribution is -0.274. The van der Waals surface area contributed by atoms with E-state index in [0.717, 1.165) is 18.9 Å². The van der Waals surface area contributed by atoms with Crippen LogP contribution in [0.5, 0.6) is 5.75 Å². The zero-order valence-electron chi connectivity index (χ0n) is 11.0. The molecule has 8 heteroatoms. The lowest BCUT2D eigenvalue weighted by atomic mass is 10.0. The molecule has 1 fully saturated rings. The highest BCUT2D eigenvalue weighted by Crippen LogP contribution is 2.45. The van der Waals surface area contributed by atoms with Crippen LogP contribution in [-0.4, -0.2) is 16.8 Å². The van der Waals surface area contributed by atoms with E-state index >= 15 is 0 Å². The van der Waals surface area contributed by atoms with Crippen LogP contribution in [0.3, 0.4) is 0 Å². The topological polar surface area (TPSA) is 52.3 Å². The predicted octanol–water partition coefficient (Wildman–Crippen LogP) is 4.50. The highest BCUT2D eigenvalue weighted by Gasteiger charge is 2.37. The van der Waals surface area contributed by atoms with Gasteiger partial charge in [-0.25, -0.2) is 0 Å². The summed E-state index contributed by atoms with van der Waals surface area (Å²) >= 11 is 5.56. The lowest BCUT2D eigenvalue weighted by Crippen LogP contribution is -2.17. The maximum absolute atomic E-state index is 12.5. The molecule has 1 saturated carbocycles. The summed E-state index contributed by atoms with van der Waals surface area (Å²) in [5.41, 5.74) is -0.0383. The molecule has 116 valence electrons. The van der Waals surface area contributed by atoms with Crippen LogP contribution in [0.2, 0.25) is 0 Å². The second-order valence-corrected chi connectivity index (χ2v) is 5.21. The number of ether oxygens (including phenoxy) is 1. The summed E-state index contributed by atoms with van der Waals surface area (Å²) < 4.78 is 46.5. The maximum Gasteiger partial charge on any atom is 0.573 e. The van der Waals surface area contributed by atoms with Crippen LogP contribution in [0.4, 0.5) is 13.2 Å². The van der Waals surface area contributed by atoms with Gasteiger partial charge in [0, 0.05) is 11.5 Å². The monoisotopic (exact) mass is 331 g/mol. The van der Waals surface area contributed by atoms with Crippen LogP contribution in [0, 0.1) is 0 Å². The molecule has 0 bridgehead atoms. The number of carbonyl (C=O) groups excluding carboxylic acids is 1. The van der Waals surface area contributed by atoms with E-state index in [0.29, 0.717) is 5.76 Å². The van der Waals surface area contributed by atoms with Gasteiger partial charge in [0.05, 0.1) is 0 Å². The Morgan fingerprint density at radius 2 is 2.00 bits per heavy atom. The maximum atomic E-state index is 12.5. The SMILES string of the molecule is O=C(Cl)c1c(-c2ccccc2OC(F)(F)F)noc1C1CC1. The molecule has 0 aliphatic heterocycles. The molecule has 1 aromatic carbocycles. The lowest BCUT2D eigenvalue weighted by Gasteiger charge is -2.12. The Labute approximate surface area is 127 Å². The summed E-state index contributed by atoms with van der Waals surface area (Å²) in [5.74, 6) is -0.115. The molecule has 0 amide bonds. The molecule has 0 N–H and O–H groups in total. The number of rotatable bonds is 4. The summed E-state index contributed by atoms with van der Waals surface area (Å²) in [4.78, 5) is 11.7. The third-order valence-corrected chi connectivity index (χ3v) is 3.42. The minimum Gasteiger partial charge on any atom is -0.405 e. The van der Waals surface area contributed by atoms with Crippen molar-refractivity contribution >= 4 is 16.8 Å². The highest BCUT2D eigenvalue weighted by atomic mass is 35.5. The zero-order chi connectivity index (χ0) is 15.9. The number of nitrogens with zero attached hydrogens (tertiary/aromatic N) is 1. The van der Waals surface area contributed by atoms with Gasteiger partial charge in [0.25, 0.3) is 5.24 Å². The molecule has 22 heavy (non-hydrogen) atoms. The van der Waals surface area contributed by atoms with E-state index in [9.17, 15) is 18.0 Å². The van der Waals surface area contributed by atoms with Gasteiger partial charge in [-0.1, -0.05) is 17.3 Å². The van der Waals surface area contributed by atoms with Crippen molar-refractivity contribution in [2.75, 3.05) is 0 Å². The smallest absolute Gasteiger partial charge is 0.405 e. The Kier molecular flexibility index (Phi) is 3.60. The van der Waals surface area contributed by atoms with E-state index in [4.69, 9.17) is 16.1 Å². The van der Waals surface area contributed by atoms with E-state index in [1.807, 2.05) is 0 Å². The second kappa shape index (κ2) is 5.31. The first-order chi connectivity index (χ1) is 10.4. The van der Waals surface area contributed by atoms with Crippen molar-refractivity contribution in [1.29, 1.82) is 0 Å². The van der Waals surface area contributed by atoms with Crippen molar-refractivity contribution in [3.8, 4) is 17.0 Å². The number of hydrogen-bond donors (Lipinski definition) is 0. The molecule has 0 saturated heterocycles.